The number of aromatic nitrogens is 1. The summed E-state index contributed by atoms with van der Waals surface area (Å²) in [5.41, 5.74) is 0.900. The van der Waals surface area contributed by atoms with Crippen LogP contribution in [0.5, 0.6) is 0 Å². The second-order valence-corrected chi connectivity index (χ2v) is 7.51. The van der Waals surface area contributed by atoms with E-state index in [1.165, 1.54) is 23.6 Å². The van der Waals surface area contributed by atoms with Crippen molar-refractivity contribution in [1.82, 2.24) is 9.29 Å². The van der Waals surface area contributed by atoms with E-state index >= 15 is 0 Å². The lowest BCUT2D eigenvalue weighted by Crippen LogP contribution is -2.22. The van der Waals surface area contributed by atoms with E-state index in [4.69, 9.17) is 5.11 Å². The SMILES string of the molecule is O=C(O)c1cc(S(=O)(=O)NCc2ccsc2)cn1C1CC1. The first-order chi connectivity index (χ1) is 9.97. The Morgan fingerprint density at radius 1 is 1.48 bits per heavy atom. The molecule has 2 aromatic rings. The fourth-order valence-electron chi connectivity index (χ4n) is 2.08. The van der Waals surface area contributed by atoms with Crippen LogP contribution < -0.4 is 4.72 Å². The van der Waals surface area contributed by atoms with E-state index in [9.17, 15) is 13.2 Å². The average molecular weight is 326 g/mol. The Kier molecular flexibility index (Phi) is 3.60. The minimum atomic E-state index is -3.71. The predicted octanol–water partition coefficient (Wildman–Crippen LogP) is 2.06. The quantitative estimate of drug-likeness (QED) is 0.850. The lowest BCUT2D eigenvalue weighted by Gasteiger charge is -2.03. The molecule has 3 rings (SSSR count). The second kappa shape index (κ2) is 5.28. The van der Waals surface area contributed by atoms with Crippen molar-refractivity contribution in [2.24, 2.45) is 0 Å². The van der Waals surface area contributed by atoms with Crippen LogP contribution in [0, 0.1) is 0 Å². The van der Waals surface area contributed by atoms with Gasteiger partial charge in [0.1, 0.15) is 10.6 Å². The largest absolute Gasteiger partial charge is 0.477 e. The summed E-state index contributed by atoms with van der Waals surface area (Å²) in [4.78, 5) is 11.2. The zero-order valence-electron chi connectivity index (χ0n) is 11.0. The second-order valence-electron chi connectivity index (χ2n) is 4.96. The summed E-state index contributed by atoms with van der Waals surface area (Å²) >= 11 is 1.49. The number of rotatable bonds is 6. The van der Waals surface area contributed by atoms with Gasteiger partial charge < -0.3 is 9.67 Å². The lowest BCUT2D eigenvalue weighted by atomic mass is 10.4. The highest BCUT2D eigenvalue weighted by molar-refractivity contribution is 7.89. The molecule has 1 saturated carbocycles. The number of nitrogens with one attached hydrogen (secondary N) is 1. The molecule has 2 aromatic heterocycles. The Balaban J connectivity index is 1.84. The Morgan fingerprint density at radius 2 is 2.24 bits per heavy atom. The molecule has 1 aliphatic rings. The van der Waals surface area contributed by atoms with Crippen LogP contribution in [-0.2, 0) is 16.6 Å². The van der Waals surface area contributed by atoms with Gasteiger partial charge >= 0.3 is 5.97 Å². The first kappa shape index (κ1) is 14.3. The maximum atomic E-state index is 12.2. The van der Waals surface area contributed by atoms with Gasteiger partial charge in [-0.05, 0) is 41.3 Å². The third-order valence-corrected chi connectivity index (χ3v) is 5.44. The highest BCUT2D eigenvalue weighted by atomic mass is 32.2. The van der Waals surface area contributed by atoms with Crippen molar-refractivity contribution in [3.05, 3.63) is 40.3 Å². The lowest BCUT2D eigenvalue weighted by molar-refractivity contribution is 0.0685. The standard InChI is InChI=1S/C13H14N2O4S2/c16-13(17)12-5-11(7-15(12)10-1-2-10)21(18,19)14-6-9-3-4-20-8-9/h3-5,7-8,10,14H,1-2,6H2,(H,16,17). The van der Waals surface area contributed by atoms with E-state index in [1.807, 2.05) is 16.8 Å². The van der Waals surface area contributed by atoms with Crippen molar-refractivity contribution in [2.45, 2.75) is 30.3 Å². The number of nitrogens with zero attached hydrogens (tertiary/aromatic N) is 1. The summed E-state index contributed by atoms with van der Waals surface area (Å²) in [6, 6.07) is 3.17. The maximum absolute atomic E-state index is 12.2. The summed E-state index contributed by atoms with van der Waals surface area (Å²) in [6.45, 7) is 0.197. The van der Waals surface area contributed by atoms with Crippen LogP contribution in [0.25, 0.3) is 0 Å². The summed E-state index contributed by atoms with van der Waals surface area (Å²) in [5.74, 6) is -1.11. The number of thiophene rings is 1. The maximum Gasteiger partial charge on any atom is 0.352 e. The minimum Gasteiger partial charge on any atom is -0.477 e. The van der Waals surface area contributed by atoms with Gasteiger partial charge in [0.25, 0.3) is 0 Å². The number of carboxylic acid groups (broad SMARTS) is 1. The molecule has 0 spiro atoms. The smallest absolute Gasteiger partial charge is 0.352 e. The molecule has 0 unspecified atom stereocenters. The van der Waals surface area contributed by atoms with Gasteiger partial charge in [0.15, 0.2) is 0 Å². The van der Waals surface area contributed by atoms with Crippen molar-refractivity contribution in [3.63, 3.8) is 0 Å². The van der Waals surface area contributed by atoms with Gasteiger partial charge in [-0.2, -0.15) is 11.3 Å². The van der Waals surface area contributed by atoms with Crippen LogP contribution in [0.1, 0.15) is 34.9 Å². The van der Waals surface area contributed by atoms with E-state index in [0.29, 0.717) is 0 Å². The van der Waals surface area contributed by atoms with Gasteiger partial charge in [0.05, 0.1) is 0 Å². The van der Waals surface area contributed by atoms with Crippen LogP contribution in [0.15, 0.2) is 34.0 Å². The van der Waals surface area contributed by atoms with E-state index in [2.05, 4.69) is 4.72 Å². The molecule has 0 aliphatic heterocycles. The van der Waals surface area contributed by atoms with Crippen LogP contribution in [0.4, 0.5) is 0 Å². The summed E-state index contributed by atoms with van der Waals surface area (Å²) in [6.07, 6.45) is 3.19. The molecule has 1 fully saturated rings. The van der Waals surface area contributed by atoms with E-state index < -0.39 is 16.0 Å². The average Bonchev–Trinajstić information content (AvgIpc) is 2.97. The third-order valence-electron chi connectivity index (χ3n) is 3.34. The highest BCUT2D eigenvalue weighted by Gasteiger charge is 2.30. The Morgan fingerprint density at radius 3 is 2.81 bits per heavy atom. The van der Waals surface area contributed by atoms with Gasteiger partial charge in [-0.3, -0.25) is 0 Å². The molecule has 0 amide bonds. The summed E-state index contributed by atoms with van der Waals surface area (Å²) in [5, 5.41) is 12.9. The fourth-order valence-corrected chi connectivity index (χ4v) is 3.79. The zero-order valence-corrected chi connectivity index (χ0v) is 12.7. The Bertz CT molecular complexity index is 758. The van der Waals surface area contributed by atoms with Crippen LogP contribution in [-0.4, -0.2) is 24.1 Å². The van der Waals surface area contributed by atoms with Crippen molar-refractivity contribution in [1.29, 1.82) is 0 Å². The number of aromatic carboxylic acids is 1. The molecular formula is C13H14N2O4S2. The van der Waals surface area contributed by atoms with Crippen LogP contribution in [0.2, 0.25) is 0 Å². The molecule has 1 aliphatic carbocycles. The monoisotopic (exact) mass is 326 g/mol. The van der Waals surface area contributed by atoms with Crippen LogP contribution >= 0.6 is 11.3 Å². The molecule has 0 saturated heterocycles. The van der Waals surface area contributed by atoms with Crippen LogP contribution in [0.3, 0.4) is 0 Å². The van der Waals surface area contributed by atoms with Gasteiger partial charge in [-0.25, -0.2) is 17.9 Å². The normalized spacial score (nSPS) is 15.2. The van der Waals surface area contributed by atoms with Gasteiger partial charge in [-0.15, -0.1) is 0 Å². The number of hydrogen-bond donors (Lipinski definition) is 2. The van der Waals surface area contributed by atoms with E-state index in [0.717, 1.165) is 18.4 Å². The predicted molar refractivity (Wildman–Crippen MR) is 78.0 cm³/mol. The third kappa shape index (κ3) is 3.02. The zero-order chi connectivity index (χ0) is 15.0. The molecule has 2 heterocycles. The number of hydrogen-bond acceptors (Lipinski definition) is 4. The van der Waals surface area contributed by atoms with Crippen molar-refractivity contribution >= 4 is 27.3 Å². The molecule has 8 heteroatoms. The number of sulfonamides is 1. The molecule has 0 bridgehead atoms. The van der Waals surface area contributed by atoms with E-state index in [-0.39, 0.29) is 23.2 Å². The number of carbonyl (C=O) groups is 1. The molecule has 112 valence electrons. The highest BCUT2D eigenvalue weighted by Crippen LogP contribution is 2.37. The van der Waals surface area contributed by atoms with Crippen molar-refractivity contribution in [2.75, 3.05) is 0 Å². The summed E-state index contributed by atoms with van der Waals surface area (Å²) < 4.78 is 28.5. The Hall–Kier alpha value is -1.64. The molecule has 0 atom stereocenters. The molecular weight excluding hydrogens is 312 g/mol. The topological polar surface area (TPSA) is 88.4 Å². The van der Waals surface area contributed by atoms with E-state index in [1.54, 1.807) is 4.57 Å². The molecule has 0 aromatic carbocycles. The first-order valence-corrected chi connectivity index (χ1v) is 8.86. The summed E-state index contributed by atoms with van der Waals surface area (Å²) in [7, 11) is -3.71. The van der Waals surface area contributed by atoms with Gasteiger partial charge in [0.2, 0.25) is 10.0 Å². The Labute approximate surface area is 126 Å². The number of carboxylic acids is 1. The fraction of sp³-hybridized carbons (Fsp3) is 0.308. The molecule has 2 N–H and O–H groups in total. The van der Waals surface area contributed by atoms with Gasteiger partial charge in [-0.1, -0.05) is 0 Å². The molecule has 6 nitrogen and oxygen atoms in total. The molecule has 0 radical (unpaired) electrons. The van der Waals surface area contributed by atoms with Crippen molar-refractivity contribution in [3.8, 4) is 0 Å². The minimum absolute atomic E-state index is 0.00188. The first-order valence-electron chi connectivity index (χ1n) is 6.43. The molecule has 21 heavy (non-hydrogen) atoms. The van der Waals surface area contributed by atoms with Gasteiger partial charge in [0, 0.05) is 18.8 Å². The van der Waals surface area contributed by atoms with Crippen molar-refractivity contribution < 1.29 is 18.3 Å².